The third-order valence-corrected chi connectivity index (χ3v) is 6.39. The lowest BCUT2D eigenvalue weighted by atomic mass is 10.2. The minimum Gasteiger partial charge on any atom is -0.494 e. The number of ether oxygens (including phenoxy) is 2. The van der Waals surface area contributed by atoms with Crippen LogP contribution in [0, 0.1) is 0 Å². The molecule has 3 aromatic rings. The molecule has 10 heteroatoms. The Labute approximate surface area is 197 Å². The number of carbonyl (C=O) groups excluding carboxylic acids is 1. The van der Waals surface area contributed by atoms with Crippen molar-refractivity contribution in [1.29, 1.82) is 0 Å². The fourth-order valence-corrected chi connectivity index (χ4v) is 4.57. The van der Waals surface area contributed by atoms with Crippen molar-refractivity contribution in [2.24, 2.45) is 4.99 Å². The van der Waals surface area contributed by atoms with Crippen molar-refractivity contribution in [1.82, 2.24) is 15.0 Å². The number of amides is 1. The third kappa shape index (κ3) is 5.34. The van der Waals surface area contributed by atoms with Crippen LogP contribution in [0.25, 0.3) is 0 Å². The van der Waals surface area contributed by atoms with Gasteiger partial charge in [-0.05, 0) is 61.9 Å². The summed E-state index contributed by atoms with van der Waals surface area (Å²) in [7, 11) is -3.66. The van der Waals surface area contributed by atoms with Crippen molar-refractivity contribution in [2.45, 2.75) is 31.3 Å². The highest BCUT2D eigenvalue weighted by Crippen LogP contribution is 2.24. The number of nitrogens with zero attached hydrogens (tertiary/aromatic N) is 2. The fraction of sp³-hybridized carbons (Fsp3) is 0.208. The Balaban J connectivity index is 1.37. The molecule has 176 valence electrons. The summed E-state index contributed by atoms with van der Waals surface area (Å²) < 4.78 is 38.0. The van der Waals surface area contributed by atoms with Crippen LogP contribution < -0.4 is 19.5 Å². The molecule has 0 unspecified atom stereocenters. The van der Waals surface area contributed by atoms with Gasteiger partial charge in [-0.3, -0.25) is 14.5 Å². The van der Waals surface area contributed by atoms with Crippen molar-refractivity contribution in [2.75, 3.05) is 6.61 Å². The fourth-order valence-electron chi connectivity index (χ4n) is 3.33. The number of rotatable bonds is 8. The van der Waals surface area contributed by atoms with Crippen LogP contribution in [0.4, 0.5) is 0 Å². The first kappa shape index (κ1) is 23.2. The summed E-state index contributed by atoms with van der Waals surface area (Å²) in [6.45, 7) is 4.34. The average molecular weight is 481 g/mol. The molecule has 0 fully saturated rings. The number of benzene rings is 2. The van der Waals surface area contributed by atoms with Crippen LogP contribution in [0.15, 0.2) is 76.7 Å². The van der Waals surface area contributed by atoms with Gasteiger partial charge in [0.15, 0.2) is 0 Å². The maximum atomic E-state index is 12.6. The monoisotopic (exact) mass is 480 g/mol. The first-order valence-corrected chi connectivity index (χ1v) is 12.2. The summed E-state index contributed by atoms with van der Waals surface area (Å²) in [5.41, 5.74) is 1.24. The van der Waals surface area contributed by atoms with Crippen molar-refractivity contribution < 1.29 is 22.7 Å². The minimum atomic E-state index is -3.66. The highest BCUT2D eigenvalue weighted by molar-refractivity contribution is 7.90. The highest BCUT2D eigenvalue weighted by atomic mass is 32.2. The molecule has 0 spiro atoms. The van der Waals surface area contributed by atoms with Crippen molar-refractivity contribution in [3.63, 3.8) is 0 Å². The molecule has 2 N–H and O–H groups in total. The first-order chi connectivity index (χ1) is 16.4. The molecular weight excluding hydrogens is 456 g/mol. The number of hydrogen-bond acceptors (Lipinski definition) is 7. The summed E-state index contributed by atoms with van der Waals surface area (Å²) in [5, 5.41) is 2.81. The predicted molar refractivity (Wildman–Crippen MR) is 127 cm³/mol. The summed E-state index contributed by atoms with van der Waals surface area (Å²) in [4.78, 5) is 21.2. The van der Waals surface area contributed by atoms with Gasteiger partial charge in [-0.25, -0.2) is 13.4 Å². The molecule has 1 aromatic heterocycles. The van der Waals surface area contributed by atoms with Gasteiger partial charge in [0.05, 0.1) is 11.5 Å². The van der Waals surface area contributed by atoms with E-state index >= 15 is 0 Å². The number of fused-ring (bicyclic) bond motifs is 1. The zero-order valence-electron chi connectivity index (χ0n) is 18.7. The Morgan fingerprint density at radius 2 is 1.85 bits per heavy atom. The Hall–Kier alpha value is -3.92. The smallest absolute Gasteiger partial charge is 0.263 e. The van der Waals surface area contributed by atoms with Crippen LogP contribution >= 0.6 is 0 Å². The lowest BCUT2D eigenvalue weighted by molar-refractivity contribution is -0.122. The number of aliphatic imine (C=N–C) groups is 1. The van der Waals surface area contributed by atoms with Crippen LogP contribution in [-0.4, -0.2) is 37.8 Å². The molecule has 1 aliphatic rings. The Morgan fingerprint density at radius 3 is 2.62 bits per heavy atom. The van der Waals surface area contributed by atoms with Gasteiger partial charge < -0.3 is 14.8 Å². The molecule has 0 saturated carbocycles. The maximum absolute atomic E-state index is 12.6. The normalized spacial score (nSPS) is 15.8. The zero-order valence-corrected chi connectivity index (χ0v) is 19.5. The molecule has 1 aliphatic heterocycles. The molecular formula is C24H24N4O5S. The van der Waals surface area contributed by atoms with E-state index in [4.69, 9.17) is 9.47 Å². The second-order valence-electron chi connectivity index (χ2n) is 7.48. The quantitative estimate of drug-likeness (QED) is 0.512. The van der Waals surface area contributed by atoms with Gasteiger partial charge in [-0.1, -0.05) is 12.1 Å². The van der Waals surface area contributed by atoms with Gasteiger partial charge in [0.25, 0.3) is 10.0 Å². The largest absolute Gasteiger partial charge is 0.494 e. The molecule has 1 amide bonds. The van der Waals surface area contributed by atoms with Crippen molar-refractivity contribution in [3.8, 4) is 17.4 Å². The van der Waals surface area contributed by atoms with E-state index in [9.17, 15) is 13.2 Å². The number of carbonyl (C=O) groups is 1. The van der Waals surface area contributed by atoms with Gasteiger partial charge in [0.2, 0.25) is 11.8 Å². The molecule has 0 aliphatic carbocycles. The molecule has 1 atom stereocenters. The molecule has 4 rings (SSSR count). The molecule has 0 saturated heterocycles. The predicted octanol–water partition coefficient (Wildman–Crippen LogP) is 3.02. The van der Waals surface area contributed by atoms with E-state index in [1.54, 1.807) is 55.6 Å². The molecule has 0 bridgehead atoms. The van der Waals surface area contributed by atoms with Crippen LogP contribution in [0.2, 0.25) is 0 Å². The summed E-state index contributed by atoms with van der Waals surface area (Å²) in [6, 6.07) is 16.4. The number of aromatic nitrogens is 1. The van der Waals surface area contributed by atoms with Gasteiger partial charge in [-0.2, -0.15) is 0 Å². The second kappa shape index (κ2) is 9.92. The Kier molecular flexibility index (Phi) is 6.78. The van der Waals surface area contributed by atoms with Crippen molar-refractivity contribution >= 4 is 21.8 Å². The molecule has 34 heavy (non-hydrogen) atoms. The van der Waals surface area contributed by atoms with E-state index in [1.807, 2.05) is 19.1 Å². The maximum Gasteiger partial charge on any atom is 0.263 e. The summed E-state index contributed by atoms with van der Waals surface area (Å²) >= 11 is 0. The standard InChI is InChI=1S/C24H24N4O5S/c1-3-32-18-8-10-19(11-9-18)33-22-14-17(12-13-25-22)15-26-24(29)16(2)27-23-20-6-4-5-7-21(20)34(30,31)28-23/h4-14,16H,3,15H2,1-2H3,(H,26,29)(H,27,28)/t16-/m0/s1. The zero-order chi connectivity index (χ0) is 24.1. The molecule has 9 nitrogen and oxygen atoms in total. The topological polar surface area (TPSA) is 119 Å². The first-order valence-electron chi connectivity index (χ1n) is 10.7. The molecule has 2 heterocycles. The van der Waals surface area contributed by atoms with E-state index < -0.39 is 16.1 Å². The second-order valence-corrected chi connectivity index (χ2v) is 9.13. The molecule has 0 radical (unpaired) electrons. The number of sulfonamides is 1. The van der Waals surface area contributed by atoms with E-state index in [0.29, 0.717) is 23.8 Å². The summed E-state index contributed by atoms with van der Waals surface area (Å²) in [6.07, 6.45) is 1.60. The SMILES string of the molecule is CCOc1ccc(Oc2cc(CNC(=O)[C@H](C)N=C3NS(=O)(=O)c4ccccc43)ccn2)cc1. The van der Waals surface area contributed by atoms with Crippen molar-refractivity contribution in [3.05, 3.63) is 78.0 Å². The molecule has 2 aromatic carbocycles. The third-order valence-electron chi connectivity index (χ3n) is 4.99. The van der Waals surface area contributed by atoms with Crippen LogP contribution in [0.5, 0.6) is 17.4 Å². The number of amidine groups is 1. The van der Waals surface area contributed by atoms with Gasteiger partial charge >= 0.3 is 0 Å². The Morgan fingerprint density at radius 1 is 1.12 bits per heavy atom. The van der Waals surface area contributed by atoms with Gasteiger partial charge in [-0.15, -0.1) is 0 Å². The van der Waals surface area contributed by atoms with Crippen LogP contribution in [-0.2, 0) is 21.4 Å². The minimum absolute atomic E-state index is 0.151. The van der Waals surface area contributed by atoms with Crippen LogP contribution in [0.3, 0.4) is 0 Å². The number of hydrogen-bond donors (Lipinski definition) is 2. The lowest BCUT2D eigenvalue weighted by Gasteiger charge is -2.11. The van der Waals surface area contributed by atoms with E-state index in [2.05, 4.69) is 20.0 Å². The lowest BCUT2D eigenvalue weighted by Crippen LogP contribution is -2.33. The van der Waals surface area contributed by atoms with E-state index in [0.717, 1.165) is 11.3 Å². The number of pyridine rings is 1. The van der Waals surface area contributed by atoms with E-state index in [1.165, 1.54) is 6.07 Å². The Bertz CT molecular complexity index is 1320. The average Bonchev–Trinajstić information content (AvgIpc) is 3.09. The van der Waals surface area contributed by atoms with Crippen LogP contribution in [0.1, 0.15) is 25.0 Å². The van der Waals surface area contributed by atoms with Gasteiger partial charge in [0, 0.05) is 24.4 Å². The van der Waals surface area contributed by atoms with Gasteiger partial charge in [0.1, 0.15) is 23.4 Å². The number of nitrogens with one attached hydrogen (secondary N) is 2. The summed E-state index contributed by atoms with van der Waals surface area (Å²) in [5.74, 6) is 1.57. The van der Waals surface area contributed by atoms with E-state index in [-0.39, 0.29) is 23.2 Å². The highest BCUT2D eigenvalue weighted by Gasteiger charge is 2.31.